The van der Waals surface area contributed by atoms with Crippen LogP contribution in [0.2, 0.25) is 5.02 Å². The van der Waals surface area contributed by atoms with E-state index in [1.54, 1.807) is 24.3 Å². The fourth-order valence-electron chi connectivity index (χ4n) is 1.40. The van der Waals surface area contributed by atoms with E-state index >= 15 is 0 Å². The molecule has 2 aromatic carbocycles. The van der Waals surface area contributed by atoms with Crippen LogP contribution < -0.4 is 10.1 Å². The third kappa shape index (κ3) is 3.79. The molecule has 0 unspecified atom stereocenters. The average Bonchev–Trinajstić information content (AvgIpc) is 2.39. The van der Waals surface area contributed by atoms with Crippen molar-refractivity contribution in [2.45, 2.75) is 0 Å². The third-order valence-corrected chi connectivity index (χ3v) is 2.49. The van der Waals surface area contributed by atoms with Crippen molar-refractivity contribution in [3.05, 3.63) is 59.6 Å². The minimum atomic E-state index is -0.198. The van der Waals surface area contributed by atoms with Crippen LogP contribution in [0.4, 0.5) is 5.69 Å². The number of hydrogen-bond donors (Lipinski definition) is 1. The Balaban J connectivity index is 1.83. The maximum absolute atomic E-state index is 11.6. The Labute approximate surface area is 110 Å². The van der Waals surface area contributed by atoms with E-state index in [0.29, 0.717) is 10.8 Å². The molecule has 0 saturated heterocycles. The van der Waals surface area contributed by atoms with Crippen LogP contribution in [0.5, 0.6) is 5.75 Å². The van der Waals surface area contributed by atoms with Crippen molar-refractivity contribution in [2.75, 3.05) is 11.9 Å². The van der Waals surface area contributed by atoms with Gasteiger partial charge in [-0.2, -0.15) is 0 Å². The molecule has 0 aromatic heterocycles. The predicted octanol–water partition coefficient (Wildman–Crippen LogP) is 3.36. The Morgan fingerprint density at radius 2 is 1.72 bits per heavy atom. The highest BCUT2D eigenvalue weighted by Gasteiger charge is 2.03. The summed E-state index contributed by atoms with van der Waals surface area (Å²) in [5.74, 6) is 0.416. The molecule has 2 rings (SSSR count). The number of carbonyl (C=O) groups excluding carboxylic acids is 1. The fraction of sp³-hybridized carbons (Fsp3) is 0.0714. The second-order valence-corrected chi connectivity index (χ2v) is 4.09. The summed E-state index contributed by atoms with van der Waals surface area (Å²) in [5, 5.41) is 3.37. The van der Waals surface area contributed by atoms with Gasteiger partial charge in [0, 0.05) is 10.7 Å². The van der Waals surface area contributed by atoms with Crippen LogP contribution in [0.15, 0.2) is 54.6 Å². The topological polar surface area (TPSA) is 38.3 Å². The zero-order chi connectivity index (χ0) is 12.8. The first kappa shape index (κ1) is 12.5. The van der Waals surface area contributed by atoms with E-state index in [4.69, 9.17) is 16.3 Å². The molecule has 0 spiro atoms. The van der Waals surface area contributed by atoms with Crippen LogP contribution in [0.25, 0.3) is 0 Å². The second kappa shape index (κ2) is 6.07. The zero-order valence-electron chi connectivity index (χ0n) is 9.60. The summed E-state index contributed by atoms with van der Waals surface area (Å²) in [4.78, 5) is 11.6. The normalized spacial score (nSPS) is 9.83. The molecule has 18 heavy (non-hydrogen) atoms. The summed E-state index contributed by atoms with van der Waals surface area (Å²) in [6.45, 7) is -0.0312. The minimum Gasteiger partial charge on any atom is -0.484 e. The maximum atomic E-state index is 11.6. The summed E-state index contributed by atoms with van der Waals surface area (Å²) in [6, 6.07) is 16.1. The van der Waals surface area contributed by atoms with E-state index in [-0.39, 0.29) is 12.5 Å². The smallest absolute Gasteiger partial charge is 0.262 e. The van der Waals surface area contributed by atoms with Gasteiger partial charge in [0.2, 0.25) is 0 Å². The van der Waals surface area contributed by atoms with Crippen molar-refractivity contribution in [3.63, 3.8) is 0 Å². The lowest BCUT2D eigenvalue weighted by molar-refractivity contribution is -0.118. The summed E-state index contributed by atoms with van der Waals surface area (Å²) in [6.07, 6.45) is 0. The summed E-state index contributed by atoms with van der Waals surface area (Å²) >= 11 is 5.75. The Morgan fingerprint density at radius 3 is 2.39 bits per heavy atom. The Hall–Kier alpha value is -2.00. The Kier molecular flexibility index (Phi) is 4.20. The molecular weight excluding hydrogens is 250 g/mol. The highest BCUT2D eigenvalue weighted by atomic mass is 35.5. The molecule has 1 amide bonds. The molecule has 0 aliphatic carbocycles. The number of halogens is 1. The number of carbonyl (C=O) groups is 1. The van der Waals surface area contributed by atoms with E-state index in [1.807, 2.05) is 30.3 Å². The minimum absolute atomic E-state index is 0.0312. The summed E-state index contributed by atoms with van der Waals surface area (Å²) < 4.78 is 5.32. The van der Waals surface area contributed by atoms with Crippen LogP contribution in [0.1, 0.15) is 0 Å². The molecule has 0 bridgehead atoms. The van der Waals surface area contributed by atoms with Gasteiger partial charge in [-0.3, -0.25) is 4.79 Å². The molecule has 2 aromatic rings. The number of anilines is 1. The lowest BCUT2D eigenvalue weighted by atomic mass is 10.3. The van der Waals surface area contributed by atoms with Gasteiger partial charge < -0.3 is 10.1 Å². The quantitative estimate of drug-likeness (QED) is 0.917. The number of hydrogen-bond acceptors (Lipinski definition) is 2. The summed E-state index contributed by atoms with van der Waals surface area (Å²) in [5.41, 5.74) is 0.752. The van der Waals surface area contributed by atoms with Crippen molar-refractivity contribution in [1.29, 1.82) is 0 Å². The van der Waals surface area contributed by atoms with Crippen LogP contribution in [0, 0.1) is 0 Å². The predicted molar refractivity (Wildman–Crippen MR) is 72.0 cm³/mol. The van der Waals surface area contributed by atoms with Gasteiger partial charge in [0.1, 0.15) is 5.75 Å². The number of rotatable bonds is 4. The van der Waals surface area contributed by atoms with Crippen LogP contribution in [0.3, 0.4) is 0 Å². The summed E-state index contributed by atoms with van der Waals surface area (Å²) in [7, 11) is 0. The zero-order valence-corrected chi connectivity index (χ0v) is 10.4. The van der Waals surface area contributed by atoms with Crippen molar-refractivity contribution < 1.29 is 9.53 Å². The molecular formula is C14H12ClNO2. The number of amides is 1. The fourth-order valence-corrected chi connectivity index (χ4v) is 1.52. The standard InChI is InChI=1S/C14H12ClNO2/c15-11-6-8-13(9-7-11)18-10-14(17)16-12-4-2-1-3-5-12/h1-9H,10H2,(H,16,17). The second-order valence-electron chi connectivity index (χ2n) is 3.66. The maximum Gasteiger partial charge on any atom is 0.262 e. The molecule has 0 aliphatic rings. The van der Waals surface area contributed by atoms with Gasteiger partial charge in [0.25, 0.3) is 5.91 Å². The van der Waals surface area contributed by atoms with Crippen molar-refractivity contribution in [3.8, 4) is 5.75 Å². The average molecular weight is 262 g/mol. The number of para-hydroxylation sites is 1. The van der Waals surface area contributed by atoms with Crippen molar-refractivity contribution in [2.24, 2.45) is 0 Å². The van der Waals surface area contributed by atoms with Gasteiger partial charge in [0.15, 0.2) is 6.61 Å². The first-order valence-electron chi connectivity index (χ1n) is 5.47. The molecule has 0 saturated carbocycles. The van der Waals surface area contributed by atoms with E-state index in [0.717, 1.165) is 5.69 Å². The SMILES string of the molecule is O=C(COc1ccc(Cl)cc1)Nc1ccccc1. The molecule has 0 atom stereocenters. The molecule has 0 radical (unpaired) electrons. The number of benzene rings is 2. The molecule has 3 nitrogen and oxygen atoms in total. The first-order chi connectivity index (χ1) is 8.74. The third-order valence-electron chi connectivity index (χ3n) is 2.24. The lowest BCUT2D eigenvalue weighted by Gasteiger charge is -2.07. The Morgan fingerprint density at radius 1 is 1.06 bits per heavy atom. The van der Waals surface area contributed by atoms with Gasteiger partial charge >= 0.3 is 0 Å². The number of ether oxygens (including phenoxy) is 1. The van der Waals surface area contributed by atoms with Crippen LogP contribution >= 0.6 is 11.6 Å². The van der Waals surface area contributed by atoms with Gasteiger partial charge in [-0.05, 0) is 36.4 Å². The highest BCUT2D eigenvalue weighted by molar-refractivity contribution is 6.30. The monoisotopic (exact) mass is 261 g/mol. The molecule has 0 fully saturated rings. The van der Waals surface area contributed by atoms with Crippen molar-refractivity contribution in [1.82, 2.24) is 0 Å². The molecule has 0 aliphatic heterocycles. The van der Waals surface area contributed by atoms with Gasteiger partial charge in [-0.25, -0.2) is 0 Å². The van der Waals surface area contributed by atoms with Crippen LogP contribution in [-0.2, 0) is 4.79 Å². The first-order valence-corrected chi connectivity index (χ1v) is 5.85. The molecule has 4 heteroatoms. The molecule has 1 N–H and O–H groups in total. The molecule has 92 valence electrons. The number of nitrogens with one attached hydrogen (secondary N) is 1. The van der Waals surface area contributed by atoms with E-state index in [2.05, 4.69) is 5.32 Å². The van der Waals surface area contributed by atoms with Crippen molar-refractivity contribution >= 4 is 23.2 Å². The van der Waals surface area contributed by atoms with Gasteiger partial charge in [-0.15, -0.1) is 0 Å². The molecule has 0 heterocycles. The van der Waals surface area contributed by atoms with E-state index in [1.165, 1.54) is 0 Å². The van der Waals surface area contributed by atoms with E-state index in [9.17, 15) is 4.79 Å². The highest BCUT2D eigenvalue weighted by Crippen LogP contribution is 2.15. The van der Waals surface area contributed by atoms with Crippen LogP contribution in [-0.4, -0.2) is 12.5 Å². The lowest BCUT2D eigenvalue weighted by Crippen LogP contribution is -2.19. The van der Waals surface area contributed by atoms with E-state index < -0.39 is 0 Å². The Bertz CT molecular complexity index is 511. The largest absolute Gasteiger partial charge is 0.484 e. The van der Waals surface area contributed by atoms with Gasteiger partial charge in [-0.1, -0.05) is 29.8 Å². The van der Waals surface area contributed by atoms with Gasteiger partial charge in [0.05, 0.1) is 0 Å².